The third-order valence-electron chi connectivity index (χ3n) is 5.04. The summed E-state index contributed by atoms with van der Waals surface area (Å²) in [5.41, 5.74) is 3.09. The molecule has 7 nitrogen and oxygen atoms in total. The molecule has 1 aliphatic heterocycles. The molecule has 1 saturated heterocycles. The number of rotatable bonds is 6. The number of nitrogens with zero attached hydrogens (tertiary/aromatic N) is 4. The molecule has 0 spiro atoms. The van der Waals surface area contributed by atoms with Gasteiger partial charge in [-0.25, -0.2) is 4.52 Å². The van der Waals surface area contributed by atoms with E-state index in [2.05, 4.69) is 34.5 Å². The van der Waals surface area contributed by atoms with Crippen molar-refractivity contribution in [3.05, 3.63) is 40.9 Å². The monoisotopic (exact) mass is 397 g/mol. The largest absolute Gasteiger partial charge is 0.312 e. The van der Waals surface area contributed by atoms with E-state index in [9.17, 15) is 9.59 Å². The number of carbonyl (C=O) groups excluding carboxylic acids is 2. The predicted molar refractivity (Wildman–Crippen MR) is 110 cm³/mol. The summed E-state index contributed by atoms with van der Waals surface area (Å²) in [5.74, 6) is -0.372. The number of benzene rings is 1. The average Bonchev–Trinajstić information content (AvgIpc) is 3.37. The number of aryl methyl sites for hydroxylation is 2. The Morgan fingerprint density at radius 3 is 2.82 bits per heavy atom. The lowest BCUT2D eigenvalue weighted by Gasteiger charge is -2.17. The lowest BCUT2D eigenvalue weighted by atomic mass is 10.1. The molecule has 1 unspecified atom stereocenters. The highest BCUT2D eigenvalue weighted by atomic mass is 32.1. The van der Waals surface area contributed by atoms with Gasteiger partial charge in [0.05, 0.1) is 11.6 Å². The minimum absolute atomic E-state index is 0.0314. The molecule has 1 aromatic carbocycles. The van der Waals surface area contributed by atoms with Crippen molar-refractivity contribution < 1.29 is 9.59 Å². The van der Waals surface area contributed by atoms with Gasteiger partial charge in [-0.15, -0.1) is 16.4 Å². The number of anilines is 2. The summed E-state index contributed by atoms with van der Waals surface area (Å²) in [6.07, 6.45) is 3.56. The van der Waals surface area contributed by atoms with Crippen LogP contribution in [0.1, 0.15) is 37.4 Å². The molecule has 1 aliphatic rings. The van der Waals surface area contributed by atoms with Crippen LogP contribution in [0.2, 0.25) is 0 Å². The summed E-state index contributed by atoms with van der Waals surface area (Å²) in [5, 5.41) is 9.02. The minimum atomic E-state index is -0.407. The summed E-state index contributed by atoms with van der Waals surface area (Å²) in [6, 6.07) is 8.07. The Labute approximate surface area is 167 Å². The maximum Gasteiger partial charge on any atom is 0.250 e. The number of nitrogens with one attached hydrogen (secondary N) is 1. The van der Waals surface area contributed by atoms with Crippen molar-refractivity contribution in [2.24, 2.45) is 5.92 Å². The van der Waals surface area contributed by atoms with Gasteiger partial charge in [-0.1, -0.05) is 25.5 Å². The Morgan fingerprint density at radius 2 is 2.11 bits per heavy atom. The van der Waals surface area contributed by atoms with Gasteiger partial charge in [-0.3, -0.25) is 14.9 Å². The van der Waals surface area contributed by atoms with Gasteiger partial charge in [0, 0.05) is 24.0 Å². The smallest absolute Gasteiger partial charge is 0.250 e. The van der Waals surface area contributed by atoms with E-state index in [4.69, 9.17) is 0 Å². The molecule has 1 atom stereocenters. The Balaban J connectivity index is 1.41. The Kier molecular flexibility index (Phi) is 5.13. The number of carbonyl (C=O) groups is 2. The van der Waals surface area contributed by atoms with E-state index < -0.39 is 5.92 Å². The van der Waals surface area contributed by atoms with Crippen molar-refractivity contribution in [1.82, 2.24) is 14.6 Å². The number of unbranched alkanes of at least 4 members (excludes halogenated alkanes) is 1. The normalized spacial score (nSPS) is 16.9. The molecule has 3 aromatic rings. The van der Waals surface area contributed by atoms with Crippen LogP contribution in [-0.4, -0.2) is 33.0 Å². The Morgan fingerprint density at radius 1 is 1.32 bits per heavy atom. The molecule has 2 aromatic heterocycles. The van der Waals surface area contributed by atoms with E-state index in [1.54, 1.807) is 9.42 Å². The molecule has 2 amide bonds. The summed E-state index contributed by atoms with van der Waals surface area (Å²) in [7, 11) is 0. The maximum absolute atomic E-state index is 12.6. The van der Waals surface area contributed by atoms with E-state index in [0.717, 1.165) is 35.6 Å². The van der Waals surface area contributed by atoms with Crippen LogP contribution in [0.3, 0.4) is 0 Å². The molecule has 0 saturated carbocycles. The molecule has 8 heteroatoms. The van der Waals surface area contributed by atoms with Gasteiger partial charge in [0.1, 0.15) is 0 Å². The number of thiazole rings is 1. The van der Waals surface area contributed by atoms with Crippen LogP contribution in [0.25, 0.3) is 4.96 Å². The first-order chi connectivity index (χ1) is 13.5. The lowest BCUT2D eigenvalue weighted by Crippen LogP contribution is -2.28. The Hall–Kier alpha value is -2.74. The zero-order valence-corrected chi connectivity index (χ0v) is 16.8. The zero-order chi connectivity index (χ0) is 19.7. The predicted octanol–water partition coefficient (Wildman–Crippen LogP) is 3.43. The number of amides is 2. The standard InChI is InChI=1S/C20H23N5O2S/c1-3-4-5-14-6-8-16(9-7-14)24-11-15(10-17(24)26)18(27)21-19-22-20-25(23-19)13(2)12-28-20/h6-9,12,15H,3-5,10-11H2,1-2H3,(H,21,23,27). The SMILES string of the molecule is CCCCc1ccc(N2CC(C(=O)Nc3nc4scc(C)n4n3)CC2=O)cc1. The fourth-order valence-electron chi connectivity index (χ4n) is 3.41. The third kappa shape index (κ3) is 3.64. The number of aromatic nitrogens is 3. The highest BCUT2D eigenvalue weighted by molar-refractivity contribution is 7.15. The lowest BCUT2D eigenvalue weighted by molar-refractivity contribution is -0.122. The molecule has 0 radical (unpaired) electrons. The van der Waals surface area contributed by atoms with Crippen molar-refractivity contribution in [3.8, 4) is 0 Å². The van der Waals surface area contributed by atoms with Gasteiger partial charge in [0.25, 0.3) is 0 Å². The first-order valence-electron chi connectivity index (χ1n) is 9.56. The molecule has 3 heterocycles. The molecule has 1 fully saturated rings. The second-order valence-corrected chi connectivity index (χ2v) is 8.01. The fourth-order valence-corrected chi connectivity index (χ4v) is 4.21. The molecule has 0 aliphatic carbocycles. The molecular formula is C20H23N5O2S. The van der Waals surface area contributed by atoms with Crippen molar-refractivity contribution in [1.29, 1.82) is 0 Å². The molecule has 28 heavy (non-hydrogen) atoms. The van der Waals surface area contributed by atoms with Gasteiger partial charge in [-0.05, 0) is 37.5 Å². The van der Waals surface area contributed by atoms with E-state index in [0.29, 0.717) is 6.54 Å². The minimum Gasteiger partial charge on any atom is -0.312 e. The quantitative estimate of drug-likeness (QED) is 0.691. The molecule has 1 N–H and O–H groups in total. The van der Waals surface area contributed by atoms with Crippen LogP contribution in [-0.2, 0) is 16.0 Å². The molecule has 146 valence electrons. The average molecular weight is 398 g/mol. The van der Waals surface area contributed by atoms with Crippen LogP contribution in [0.5, 0.6) is 0 Å². The van der Waals surface area contributed by atoms with E-state index in [-0.39, 0.29) is 24.2 Å². The molecular weight excluding hydrogens is 374 g/mol. The van der Waals surface area contributed by atoms with Gasteiger partial charge < -0.3 is 4.90 Å². The second kappa shape index (κ2) is 7.71. The van der Waals surface area contributed by atoms with Gasteiger partial charge >= 0.3 is 0 Å². The Bertz CT molecular complexity index is 1010. The zero-order valence-electron chi connectivity index (χ0n) is 16.0. The van der Waals surface area contributed by atoms with Crippen LogP contribution < -0.4 is 10.2 Å². The van der Waals surface area contributed by atoms with Crippen LogP contribution in [0.15, 0.2) is 29.6 Å². The fraction of sp³-hybridized carbons (Fsp3) is 0.400. The summed E-state index contributed by atoms with van der Waals surface area (Å²) >= 11 is 1.47. The van der Waals surface area contributed by atoms with Crippen molar-refractivity contribution in [3.63, 3.8) is 0 Å². The van der Waals surface area contributed by atoms with Crippen LogP contribution in [0.4, 0.5) is 11.6 Å². The van der Waals surface area contributed by atoms with Gasteiger partial charge in [-0.2, -0.15) is 4.98 Å². The topological polar surface area (TPSA) is 79.6 Å². The summed E-state index contributed by atoms with van der Waals surface area (Å²) < 4.78 is 1.70. The van der Waals surface area contributed by atoms with E-state index >= 15 is 0 Å². The molecule has 4 rings (SSSR count). The highest BCUT2D eigenvalue weighted by Crippen LogP contribution is 2.26. The second-order valence-electron chi connectivity index (χ2n) is 7.17. The van der Waals surface area contributed by atoms with Gasteiger partial charge in [0.15, 0.2) is 0 Å². The third-order valence-corrected chi connectivity index (χ3v) is 5.98. The van der Waals surface area contributed by atoms with Crippen LogP contribution >= 0.6 is 11.3 Å². The van der Waals surface area contributed by atoms with E-state index in [1.165, 1.54) is 16.9 Å². The first-order valence-corrected chi connectivity index (χ1v) is 10.4. The number of hydrogen-bond acceptors (Lipinski definition) is 5. The first kappa shape index (κ1) is 18.6. The summed E-state index contributed by atoms with van der Waals surface area (Å²) in [6.45, 7) is 4.48. The van der Waals surface area contributed by atoms with Crippen molar-refractivity contribution in [2.45, 2.75) is 39.5 Å². The van der Waals surface area contributed by atoms with Gasteiger partial charge in [0.2, 0.25) is 22.7 Å². The number of hydrogen-bond donors (Lipinski definition) is 1. The summed E-state index contributed by atoms with van der Waals surface area (Å²) in [4.78, 5) is 31.8. The highest BCUT2D eigenvalue weighted by Gasteiger charge is 2.35. The maximum atomic E-state index is 12.6. The van der Waals surface area contributed by atoms with Crippen LogP contribution in [0, 0.1) is 12.8 Å². The number of fused-ring (bicyclic) bond motifs is 1. The van der Waals surface area contributed by atoms with Crippen molar-refractivity contribution >= 4 is 39.7 Å². The van der Waals surface area contributed by atoms with Crippen molar-refractivity contribution in [2.75, 3.05) is 16.8 Å². The van der Waals surface area contributed by atoms with E-state index in [1.807, 2.05) is 24.4 Å². The molecule has 0 bridgehead atoms.